The number of carbonyl (C=O) groups excluding carboxylic acids is 1. The van der Waals surface area contributed by atoms with E-state index >= 15 is 0 Å². The smallest absolute Gasteiger partial charge is 0.219 e. The SMILES string of the molecule is CCC(C)NCC1CCCCN1C(C)=O. The van der Waals surface area contributed by atoms with Crippen LogP contribution in [0.5, 0.6) is 0 Å². The van der Waals surface area contributed by atoms with Crippen molar-refractivity contribution in [3.8, 4) is 0 Å². The zero-order chi connectivity index (χ0) is 11.3. The van der Waals surface area contributed by atoms with Gasteiger partial charge in [-0.2, -0.15) is 0 Å². The predicted octanol–water partition coefficient (Wildman–Crippen LogP) is 1.78. The molecule has 1 saturated heterocycles. The number of amides is 1. The molecule has 1 N–H and O–H groups in total. The van der Waals surface area contributed by atoms with Crippen molar-refractivity contribution in [3.63, 3.8) is 0 Å². The molecule has 3 heteroatoms. The molecule has 15 heavy (non-hydrogen) atoms. The highest BCUT2D eigenvalue weighted by Gasteiger charge is 2.23. The predicted molar refractivity (Wildman–Crippen MR) is 62.8 cm³/mol. The summed E-state index contributed by atoms with van der Waals surface area (Å²) in [4.78, 5) is 13.4. The summed E-state index contributed by atoms with van der Waals surface area (Å²) in [6.45, 7) is 7.96. The van der Waals surface area contributed by atoms with Crippen LogP contribution in [0.3, 0.4) is 0 Å². The van der Waals surface area contributed by atoms with E-state index in [1.165, 1.54) is 12.8 Å². The third-order valence-corrected chi connectivity index (χ3v) is 3.35. The molecule has 0 saturated carbocycles. The van der Waals surface area contributed by atoms with Gasteiger partial charge in [-0.05, 0) is 32.6 Å². The standard InChI is InChI=1S/C12H24N2O/c1-4-10(2)13-9-12-7-5-6-8-14(12)11(3)15/h10,12-13H,4-9H2,1-3H3. The second kappa shape index (κ2) is 6.11. The van der Waals surface area contributed by atoms with E-state index in [-0.39, 0.29) is 5.91 Å². The molecule has 1 heterocycles. The summed E-state index contributed by atoms with van der Waals surface area (Å²) in [5, 5.41) is 3.49. The van der Waals surface area contributed by atoms with E-state index < -0.39 is 0 Å². The van der Waals surface area contributed by atoms with Gasteiger partial charge in [0.25, 0.3) is 0 Å². The molecule has 0 radical (unpaired) electrons. The number of rotatable bonds is 4. The summed E-state index contributed by atoms with van der Waals surface area (Å²) in [7, 11) is 0. The molecule has 1 aliphatic rings. The van der Waals surface area contributed by atoms with Crippen molar-refractivity contribution in [2.45, 2.75) is 58.5 Å². The van der Waals surface area contributed by atoms with E-state index in [0.717, 1.165) is 25.9 Å². The lowest BCUT2D eigenvalue weighted by Gasteiger charge is -2.35. The van der Waals surface area contributed by atoms with Crippen molar-refractivity contribution in [3.05, 3.63) is 0 Å². The molecule has 1 amide bonds. The van der Waals surface area contributed by atoms with Gasteiger partial charge in [0, 0.05) is 32.1 Å². The third-order valence-electron chi connectivity index (χ3n) is 3.35. The summed E-state index contributed by atoms with van der Waals surface area (Å²) in [5.41, 5.74) is 0. The summed E-state index contributed by atoms with van der Waals surface area (Å²) >= 11 is 0. The van der Waals surface area contributed by atoms with Crippen LogP contribution in [-0.4, -0.2) is 36.0 Å². The highest BCUT2D eigenvalue weighted by molar-refractivity contribution is 5.73. The summed E-state index contributed by atoms with van der Waals surface area (Å²) < 4.78 is 0. The van der Waals surface area contributed by atoms with Crippen LogP contribution in [0.4, 0.5) is 0 Å². The lowest BCUT2D eigenvalue weighted by Crippen LogP contribution is -2.48. The molecule has 1 fully saturated rings. The van der Waals surface area contributed by atoms with Crippen molar-refractivity contribution >= 4 is 5.91 Å². The van der Waals surface area contributed by atoms with Gasteiger partial charge in [-0.25, -0.2) is 0 Å². The molecule has 1 aliphatic heterocycles. The van der Waals surface area contributed by atoms with Crippen LogP contribution in [0.2, 0.25) is 0 Å². The van der Waals surface area contributed by atoms with Gasteiger partial charge in [-0.15, -0.1) is 0 Å². The summed E-state index contributed by atoms with van der Waals surface area (Å²) in [6.07, 6.45) is 4.73. The molecule has 0 bridgehead atoms. The van der Waals surface area contributed by atoms with Gasteiger partial charge < -0.3 is 10.2 Å². The molecule has 0 spiro atoms. The Bertz CT molecular complexity index is 206. The molecule has 88 valence electrons. The van der Waals surface area contributed by atoms with Crippen molar-refractivity contribution in [2.75, 3.05) is 13.1 Å². The van der Waals surface area contributed by atoms with Crippen molar-refractivity contribution in [1.82, 2.24) is 10.2 Å². The van der Waals surface area contributed by atoms with Gasteiger partial charge in [0.15, 0.2) is 0 Å². The van der Waals surface area contributed by atoms with Crippen LogP contribution in [0.25, 0.3) is 0 Å². The Labute approximate surface area is 93.2 Å². The van der Waals surface area contributed by atoms with Gasteiger partial charge in [-0.3, -0.25) is 4.79 Å². The average molecular weight is 212 g/mol. The molecule has 2 atom stereocenters. The van der Waals surface area contributed by atoms with Crippen LogP contribution in [-0.2, 0) is 4.79 Å². The number of nitrogens with one attached hydrogen (secondary N) is 1. The first-order valence-corrected chi connectivity index (χ1v) is 6.15. The number of likely N-dealkylation sites (tertiary alicyclic amines) is 1. The Morgan fingerprint density at radius 3 is 2.87 bits per heavy atom. The Morgan fingerprint density at radius 1 is 1.53 bits per heavy atom. The highest BCUT2D eigenvalue weighted by Crippen LogP contribution is 2.16. The van der Waals surface area contributed by atoms with Gasteiger partial charge in [0.1, 0.15) is 0 Å². The summed E-state index contributed by atoms with van der Waals surface area (Å²) in [6, 6.07) is 0.978. The zero-order valence-electron chi connectivity index (χ0n) is 10.3. The monoisotopic (exact) mass is 212 g/mol. The second-order valence-corrected chi connectivity index (χ2v) is 4.58. The maximum atomic E-state index is 11.4. The minimum Gasteiger partial charge on any atom is -0.339 e. The van der Waals surface area contributed by atoms with E-state index in [4.69, 9.17) is 0 Å². The van der Waals surface area contributed by atoms with Crippen LogP contribution < -0.4 is 5.32 Å². The Morgan fingerprint density at radius 2 is 2.27 bits per heavy atom. The zero-order valence-corrected chi connectivity index (χ0v) is 10.3. The van der Waals surface area contributed by atoms with Crippen LogP contribution in [0.15, 0.2) is 0 Å². The molecule has 1 rings (SSSR count). The quantitative estimate of drug-likeness (QED) is 0.770. The Hall–Kier alpha value is -0.570. The fourth-order valence-corrected chi connectivity index (χ4v) is 2.11. The van der Waals surface area contributed by atoms with Crippen LogP contribution >= 0.6 is 0 Å². The highest BCUT2D eigenvalue weighted by atomic mass is 16.2. The minimum atomic E-state index is 0.227. The van der Waals surface area contributed by atoms with Crippen LogP contribution in [0.1, 0.15) is 46.5 Å². The molecular formula is C12H24N2O. The average Bonchev–Trinajstić information content (AvgIpc) is 2.26. The van der Waals surface area contributed by atoms with Crippen molar-refractivity contribution < 1.29 is 4.79 Å². The van der Waals surface area contributed by atoms with E-state index in [1.807, 2.05) is 4.90 Å². The molecule has 0 aromatic heterocycles. The molecule has 0 aromatic rings. The minimum absolute atomic E-state index is 0.227. The molecular weight excluding hydrogens is 188 g/mol. The maximum Gasteiger partial charge on any atom is 0.219 e. The molecule has 0 aliphatic carbocycles. The van der Waals surface area contributed by atoms with Gasteiger partial charge in [0.05, 0.1) is 0 Å². The van der Waals surface area contributed by atoms with E-state index in [1.54, 1.807) is 6.92 Å². The lowest BCUT2D eigenvalue weighted by molar-refractivity contribution is -0.132. The molecule has 3 nitrogen and oxygen atoms in total. The lowest BCUT2D eigenvalue weighted by atomic mass is 10.0. The number of piperidine rings is 1. The van der Waals surface area contributed by atoms with Crippen LogP contribution in [0, 0.1) is 0 Å². The molecule has 2 unspecified atom stereocenters. The Balaban J connectivity index is 2.39. The molecule has 0 aromatic carbocycles. The van der Waals surface area contributed by atoms with E-state index in [2.05, 4.69) is 19.2 Å². The van der Waals surface area contributed by atoms with Gasteiger partial charge in [-0.1, -0.05) is 6.92 Å². The Kier molecular flexibility index (Phi) is 5.09. The second-order valence-electron chi connectivity index (χ2n) is 4.58. The number of hydrogen-bond donors (Lipinski definition) is 1. The van der Waals surface area contributed by atoms with Gasteiger partial charge >= 0.3 is 0 Å². The first kappa shape index (κ1) is 12.5. The van der Waals surface area contributed by atoms with E-state index in [9.17, 15) is 4.79 Å². The fourth-order valence-electron chi connectivity index (χ4n) is 2.11. The number of carbonyl (C=O) groups is 1. The van der Waals surface area contributed by atoms with Crippen molar-refractivity contribution in [1.29, 1.82) is 0 Å². The fraction of sp³-hybridized carbons (Fsp3) is 0.917. The summed E-state index contributed by atoms with van der Waals surface area (Å²) in [5.74, 6) is 0.227. The first-order valence-electron chi connectivity index (χ1n) is 6.15. The van der Waals surface area contributed by atoms with Crippen molar-refractivity contribution in [2.24, 2.45) is 0 Å². The first-order chi connectivity index (χ1) is 7.15. The third kappa shape index (κ3) is 3.82. The number of nitrogens with zero attached hydrogens (tertiary/aromatic N) is 1. The van der Waals surface area contributed by atoms with Gasteiger partial charge in [0.2, 0.25) is 5.91 Å². The van der Waals surface area contributed by atoms with E-state index in [0.29, 0.717) is 12.1 Å². The largest absolute Gasteiger partial charge is 0.339 e. The normalized spacial score (nSPS) is 23.9. The number of hydrogen-bond acceptors (Lipinski definition) is 2. The topological polar surface area (TPSA) is 32.3 Å². The maximum absolute atomic E-state index is 11.4.